The first kappa shape index (κ1) is 16.0. The maximum atomic E-state index is 10.9. The van der Waals surface area contributed by atoms with Crippen LogP contribution in [-0.4, -0.2) is 22.0 Å². The Morgan fingerprint density at radius 2 is 1.74 bits per heavy atom. The zero-order valence-corrected chi connectivity index (χ0v) is 12.3. The summed E-state index contributed by atoms with van der Waals surface area (Å²) in [6.07, 6.45) is 4.47. The van der Waals surface area contributed by atoms with Gasteiger partial charge in [-0.3, -0.25) is 4.79 Å². The predicted octanol–water partition coefficient (Wildman–Crippen LogP) is 3.05. The van der Waals surface area contributed by atoms with Crippen molar-refractivity contribution < 1.29 is 14.7 Å². The highest BCUT2D eigenvalue weighted by Crippen LogP contribution is 2.15. The Morgan fingerprint density at radius 3 is 2.39 bits per heavy atom. The van der Waals surface area contributed by atoms with Crippen molar-refractivity contribution in [2.45, 2.75) is 0 Å². The van der Waals surface area contributed by atoms with E-state index in [1.165, 1.54) is 0 Å². The molecule has 0 aliphatic heterocycles. The van der Waals surface area contributed by atoms with Crippen LogP contribution in [-0.2, 0) is 4.79 Å². The lowest BCUT2D eigenvalue weighted by atomic mass is 10.1. The van der Waals surface area contributed by atoms with Crippen LogP contribution in [0.2, 0.25) is 0 Å². The molecule has 0 spiro atoms. The standard InChI is InChI=1S/C9H8N2O.C9H8O2/c10-9(12)7-3-1-2-6-4-5-11-8(6)7;10-9(11)7-6-8-4-2-1-3-5-8/h1-5,11H,(H2,10,12);1-7H,(H,10,11)/b;7-6+. The molecule has 1 heterocycles. The summed E-state index contributed by atoms with van der Waals surface area (Å²) in [4.78, 5) is 24.0. The van der Waals surface area contributed by atoms with Crippen LogP contribution in [0.5, 0.6) is 0 Å². The van der Waals surface area contributed by atoms with Gasteiger partial charge >= 0.3 is 5.97 Å². The molecule has 0 radical (unpaired) electrons. The molecule has 23 heavy (non-hydrogen) atoms. The SMILES string of the molecule is NC(=O)c1cccc2cc[nH]c12.O=C(O)/C=C/c1ccccc1. The summed E-state index contributed by atoms with van der Waals surface area (Å²) in [5, 5.41) is 9.29. The number of hydrogen-bond donors (Lipinski definition) is 3. The summed E-state index contributed by atoms with van der Waals surface area (Å²) in [6, 6.07) is 16.7. The Morgan fingerprint density at radius 1 is 1.00 bits per heavy atom. The second kappa shape index (κ2) is 7.61. The molecular weight excluding hydrogens is 292 g/mol. The Kier molecular flexibility index (Phi) is 5.30. The van der Waals surface area contributed by atoms with E-state index in [0.29, 0.717) is 5.56 Å². The van der Waals surface area contributed by atoms with E-state index in [2.05, 4.69) is 4.98 Å². The molecule has 0 unspecified atom stereocenters. The Bertz CT molecular complexity index is 836. The fourth-order valence-electron chi connectivity index (χ4n) is 2.02. The third-order valence-corrected chi connectivity index (χ3v) is 3.07. The summed E-state index contributed by atoms with van der Waals surface area (Å²) in [5.74, 6) is -1.32. The summed E-state index contributed by atoms with van der Waals surface area (Å²) < 4.78 is 0. The van der Waals surface area contributed by atoms with E-state index < -0.39 is 11.9 Å². The van der Waals surface area contributed by atoms with Gasteiger partial charge in [0.2, 0.25) is 0 Å². The first-order valence-corrected chi connectivity index (χ1v) is 6.90. The lowest BCUT2D eigenvalue weighted by Gasteiger charge is -1.96. The molecule has 0 saturated carbocycles. The van der Waals surface area contributed by atoms with Crippen molar-refractivity contribution in [3.8, 4) is 0 Å². The third kappa shape index (κ3) is 4.57. The van der Waals surface area contributed by atoms with Crippen molar-refractivity contribution >= 4 is 28.9 Å². The molecule has 2 aromatic carbocycles. The van der Waals surface area contributed by atoms with Crippen LogP contribution >= 0.6 is 0 Å². The Balaban J connectivity index is 0.000000168. The molecule has 0 atom stereocenters. The molecule has 5 heteroatoms. The topological polar surface area (TPSA) is 96.2 Å². The highest BCUT2D eigenvalue weighted by Gasteiger charge is 2.05. The number of nitrogens with one attached hydrogen (secondary N) is 1. The van der Waals surface area contributed by atoms with Crippen LogP contribution in [0.15, 0.2) is 66.9 Å². The van der Waals surface area contributed by atoms with E-state index in [0.717, 1.165) is 22.5 Å². The second-order valence-electron chi connectivity index (χ2n) is 4.69. The predicted molar refractivity (Wildman–Crippen MR) is 89.9 cm³/mol. The first-order chi connectivity index (χ1) is 11.1. The highest BCUT2D eigenvalue weighted by atomic mass is 16.4. The minimum atomic E-state index is -0.922. The molecule has 0 saturated heterocycles. The molecule has 4 N–H and O–H groups in total. The number of hydrogen-bond acceptors (Lipinski definition) is 2. The fraction of sp³-hybridized carbons (Fsp3) is 0. The summed E-state index contributed by atoms with van der Waals surface area (Å²) in [6.45, 7) is 0. The number of rotatable bonds is 3. The average Bonchev–Trinajstić information content (AvgIpc) is 3.03. The van der Waals surface area contributed by atoms with E-state index in [9.17, 15) is 9.59 Å². The molecule has 5 nitrogen and oxygen atoms in total. The smallest absolute Gasteiger partial charge is 0.328 e. The summed E-state index contributed by atoms with van der Waals surface area (Å²) >= 11 is 0. The zero-order chi connectivity index (χ0) is 16.7. The summed E-state index contributed by atoms with van der Waals surface area (Å²) in [7, 11) is 0. The van der Waals surface area contributed by atoms with Crippen molar-refractivity contribution in [3.63, 3.8) is 0 Å². The van der Waals surface area contributed by atoms with Crippen molar-refractivity contribution in [1.29, 1.82) is 0 Å². The quantitative estimate of drug-likeness (QED) is 0.649. The largest absolute Gasteiger partial charge is 0.478 e. The minimum Gasteiger partial charge on any atom is -0.478 e. The van der Waals surface area contributed by atoms with Gasteiger partial charge in [-0.15, -0.1) is 0 Å². The van der Waals surface area contributed by atoms with Gasteiger partial charge in [-0.1, -0.05) is 42.5 Å². The van der Waals surface area contributed by atoms with Crippen LogP contribution in [0.3, 0.4) is 0 Å². The van der Waals surface area contributed by atoms with Crippen molar-refractivity contribution in [2.24, 2.45) is 5.73 Å². The number of para-hydroxylation sites is 1. The number of aromatic nitrogens is 1. The molecule has 0 bridgehead atoms. The normalized spacial score (nSPS) is 10.3. The van der Waals surface area contributed by atoms with Gasteiger partial charge in [0.1, 0.15) is 0 Å². The van der Waals surface area contributed by atoms with Crippen molar-refractivity contribution in [1.82, 2.24) is 4.98 Å². The molecular formula is C18H16N2O3. The first-order valence-electron chi connectivity index (χ1n) is 6.90. The van der Waals surface area contributed by atoms with Crippen LogP contribution in [0.1, 0.15) is 15.9 Å². The van der Waals surface area contributed by atoms with Crippen LogP contribution in [0.4, 0.5) is 0 Å². The van der Waals surface area contributed by atoms with E-state index in [1.807, 2.05) is 48.5 Å². The van der Waals surface area contributed by atoms with E-state index in [4.69, 9.17) is 10.8 Å². The fourth-order valence-corrected chi connectivity index (χ4v) is 2.02. The molecule has 3 aromatic rings. The monoisotopic (exact) mass is 308 g/mol. The average molecular weight is 308 g/mol. The van der Waals surface area contributed by atoms with E-state index >= 15 is 0 Å². The van der Waals surface area contributed by atoms with Gasteiger partial charge in [0.25, 0.3) is 5.91 Å². The Hall–Kier alpha value is -3.34. The number of aromatic amines is 1. The molecule has 0 aliphatic carbocycles. The number of carboxylic acids is 1. The minimum absolute atomic E-state index is 0.400. The molecule has 116 valence electrons. The number of aliphatic carboxylic acids is 1. The molecule has 0 fully saturated rings. The van der Waals surface area contributed by atoms with Crippen molar-refractivity contribution in [2.75, 3.05) is 0 Å². The molecule has 1 amide bonds. The zero-order valence-electron chi connectivity index (χ0n) is 12.3. The number of H-pyrrole nitrogens is 1. The molecule has 1 aromatic heterocycles. The second-order valence-corrected chi connectivity index (χ2v) is 4.69. The highest BCUT2D eigenvalue weighted by molar-refractivity contribution is 6.04. The van der Waals surface area contributed by atoms with Crippen LogP contribution < -0.4 is 5.73 Å². The van der Waals surface area contributed by atoms with Crippen LogP contribution in [0, 0.1) is 0 Å². The number of amides is 1. The Labute approximate surface area is 133 Å². The van der Waals surface area contributed by atoms with Gasteiger partial charge in [0, 0.05) is 17.7 Å². The van der Waals surface area contributed by atoms with Gasteiger partial charge in [0.05, 0.1) is 11.1 Å². The lowest BCUT2D eigenvalue weighted by Crippen LogP contribution is -2.11. The number of nitrogens with two attached hydrogens (primary N) is 1. The lowest BCUT2D eigenvalue weighted by molar-refractivity contribution is -0.131. The number of primary amides is 1. The maximum absolute atomic E-state index is 10.9. The number of carbonyl (C=O) groups is 2. The van der Waals surface area contributed by atoms with Gasteiger partial charge in [0.15, 0.2) is 0 Å². The molecule has 3 rings (SSSR count). The third-order valence-electron chi connectivity index (χ3n) is 3.07. The van der Waals surface area contributed by atoms with Gasteiger partial charge in [-0.2, -0.15) is 0 Å². The molecule has 0 aliphatic rings. The summed E-state index contributed by atoms with van der Waals surface area (Å²) in [5.41, 5.74) is 7.43. The number of carboxylic acid groups (broad SMARTS) is 1. The number of fused-ring (bicyclic) bond motifs is 1. The van der Waals surface area contributed by atoms with Gasteiger partial charge < -0.3 is 15.8 Å². The van der Waals surface area contributed by atoms with Gasteiger partial charge in [-0.05, 0) is 23.8 Å². The van der Waals surface area contributed by atoms with Gasteiger partial charge in [-0.25, -0.2) is 4.79 Å². The number of benzene rings is 2. The maximum Gasteiger partial charge on any atom is 0.328 e. The van der Waals surface area contributed by atoms with E-state index in [-0.39, 0.29) is 0 Å². The van der Waals surface area contributed by atoms with E-state index in [1.54, 1.807) is 18.3 Å². The van der Waals surface area contributed by atoms with Crippen molar-refractivity contribution in [3.05, 3.63) is 78.0 Å². The van der Waals surface area contributed by atoms with Crippen LogP contribution in [0.25, 0.3) is 17.0 Å². The number of carbonyl (C=O) groups excluding carboxylic acids is 1.